The van der Waals surface area contributed by atoms with E-state index in [0.717, 1.165) is 17.7 Å². The summed E-state index contributed by atoms with van der Waals surface area (Å²) in [5, 5.41) is 11.8. The molecule has 0 radical (unpaired) electrons. The average Bonchev–Trinajstić information content (AvgIpc) is 2.65. The smallest absolute Gasteiger partial charge is 0.326 e. The van der Waals surface area contributed by atoms with Crippen LogP contribution in [0, 0.1) is 0 Å². The Labute approximate surface area is 152 Å². The largest absolute Gasteiger partial charge is 0.494 e. The Morgan fingerprint density at radius 3 is 2.19 bits per heavy atom. The highest BCUT2D eigenvalue weighted by molar-refractivity contribution is 5.84. The molecule has 0 bridgehead atoms. The van der Waals surface area contributed by atoms with Gasteiger partial charge in [0.2, 0.25) is 0 Å². The van der Waals surface area contributed by atoms with Crippen molar-refractivity contribution in [3.05, 3.63) is 60.2 Å². The summed E-state index contributed by atoms with van der Waals surface area (Å²) in [5.74, 6) is -0.323. The van der Waals surface area contributed by atoms with Gasteiger partial charge in [-0.25, -0.2) is 4.79 Å². The third kappa shape index (κ3) is 6.47. The molecule has 0 aromatic heterocycles. The third-order valence-electron chi connectivity index (χ3n) is 3.58. The fourth-order valence-electron chi connectivity index (χ4n) is 2.29. The Morgan fingerprint density at radius 1 is 1.00 bits per heavy atom. The molecule has 0 fully saturated rings. The van der Waals surface area contributed by atoms with Crippen molar-refractivity contribution in [3.8, 4) is 11.5 Å². The number of hydrogen-bond acceptors (Lipinski definition) is 4. The van der Waals surface area contributed by atoms with E-state index in [1.54, 1.807) is 24.3 Å². The van der Waals surface area contributed by atoms with Gasteiger partial charge in [-0.3, -0.25) is 4.79 Å². The van der Waals surface area contributed by atoms with Crippen molar-refractivity contribution in [2.24, 2.45) is 0 Å². The Hall–Kier alpha value is -3.02. The molecular weight excluding hydrogens is 334 g/mol. The van der Waals surface area contributed by atoms with Crippen LogP contribution in [0.3, 0.4) is 0 Å². The molecule has 0 saturated carbocycles. The summed E-state index contributed by atoms with van der Waals surface area (Å²) in [6.45, 7) is 2.41. The lowest BCUT2D eigenvalue weighted by Gasteiger charge is -2.15. The van der Waals surface area contributed by atoms with Crippen LogP contribution >= 0.6 is 0 Å². The van der Waals surface area contributed by atoms with E-state index in [1.165, 1.54) is 0 Å². The highest BCUT2D eigenvalue weighted by Crippen LogP contribution is 2.17. The zero-order valence-electron chi connectivity index (χ0n) is 14.7. The molecule has 0 aliphatic rings. The van der Waals surface area contributed by atoms with Crippen molar-refractivity contribution >= 4 is 11.9 Å². The Balaban J connectivity index is 1.83. The van der Waals surface area contributed by atoms with Gasteiger partial charge in [0.25, 0.3) is 5.91 Å². The molecule has 26 heavy (non-hydrogen) atoms. The summed E-state index contributed by atoms with van der Waals surface area (Å²) in [6.07, 6.45) is 1.14. The maximum atomic E-state index is 12.0. The zero-order chi connectivity index (χ0) is 18.8. The van der Waals surface area contributed by atoms with Crippen LogP contribution in [0.5, 0.6) is 11.5 Å². The van der Waals surface area contributed by atoms with Crippen molar-refractivity contribution < 1.29 is 24.2 Å². The molecule has 2 aromatic rings. The second-order valence-electron chi connectivity index (χ2n) is 5.76. The minimum Gasteiger partial charge on any atom is -0.494 e. The molecule has 1 atom stereocenters. The molecule has 6 heteroatoms. The first-order chi connectivity index (χ1) is 12.6. The maximum absolute atomic E-state index is 12.0. The summed E-state index contributed by atoms with van der Waals surface area (Å²) in [4.78, 5) is 23.4. The van der Waals surface area contributed by atoms with Crippen LogP contribution < -0.4 is 14.8 Å². The Bertz CT molecular complexity index is 700. The van der Waals surface area contributed by atoms with Crippen molar-refractivity contribution in [1.82, 2.24) is 5.32 Å². The molecule has 0 aliphatic heterocycles. The van der Waals surface area contributed by atoms with E-state index in [9.17, 15) is 14.7 Å². The Morgan fingerprint density at radius 2 is 1.62 bits per heavy atom. The number of nitrogens with one attached hydrogen (secondary N) is 1. The van der Waals surface area contributed by atoms with Gasteiger partial charge in [-0.05, 0) is 36.2 Å². The van der Waals surface area contributed by atoms with Crippen LogP contribution in [-0.4, -0.2) is 36.2 Å². The Kier molecular flexibility index (Phi) is 7.49. The first kappa shape index (κ1) is 19.3. The van der Waals surface area contributed by atoms with E-state index < -0.39 is 17.9 Å². The molecule has 138 valence electrons. The fraction of sp³-hybridized carbons (Fsp3) is 0.300. The molecule has 0 unspecified atom stereocenters. The van der Waals surface area contributed by atoms with Crippen molar-refractivity contribution in [2.75, 3.05) is 13.2 Å². The van der Waals surface area contributed by atoms with Gasteiger partial charge in [-0.2, -0.15) is 0 Å². The predicted octanol–water partition coefficient (Wildman–Crippen LogP) is 2.67. The number of benzene rings is 2. The molecule has 2 rings (SSSR count). The molecule has 0 saturated heterocycles. The van der Waals surface area contributed by atoms with Gasteiger partial charge < -0.3 is 19.9 Å². The van der Waals surface area contributed by atoms with Gasteiger partial charge in [0.1, 0.15) is 17.5 Å². The minimum atomic E-state index is -1.08. The number of carboxylic acids is 1. The molecule has 1 amide bonds. The van der Waals surface area contributed by atoms with Crippen molar-refractivity contribution in [1.29, 1.82) is 0 Å². The lowest BCUT2D eigenvalue weighted by molar-refractivity contribution is -0.142. The molecule has 2 aromatic carbocycles. The minimum absolute atomic E-state index is 0.214. The summed E-state index contributed by atoms with van der Waals surface area (Å²) >= 11 is 0. The van der Waals surface area contributed by atoms with Gasteiger partial charge in [-0.15, -0.1) is 0 Å². The standard InChI is InChI=1S/C20H23NO5/c1-2-12-25-16-8-10-17(11-9-16)26-14-19(22)21-18(20(23)24)13-15-6-4-3-5-7-15/h3-11,18H,2,12-14H2,1H3,(H,21,22)(H,23,24)/t18-/m1/s1. The second-order valence-corrected chi connectivity index (χ2v) is 5.76. The van der Waals surface area contributed by atoms with E-state index >= 15 is 0 Å². The van der Waals surface area contributed by atoms with Crippen LogP contribution in [0.25, 0.3) is 0 Å². The predicted molar refractivity (Wildman–Crippen MR) is 97.4 cm³/mol. The zero-order valence-corrected chi connectivity index (χ0v) is 14.7. The number of carboxylic acid groups (broad SMARTS) is 1. The number of carbonyl (C=O) groups is 2. The summed E-state index contributed by atoms with van der Waals surface area (Å²) in [5.41, 5.74) is 0.837. The van der Waals surface area contributed by atoms with Crippen molar-refractivity contribution in [3.63, 3.8) is 0 Å². The average molecular weight is 357 g/mol. The number of ether oxygens (including phenoxy) is 2. The van der Waals surface area contributed by atoms with Gasteiger partial charge in [-0.1, -0.05) is 37.3 Å². The fourth-order valence-corrected chi connectivity index (χ4v) is 2.29. The number of hydrogen-bond donors (Lipinski definition) is 2. The summed E-state index contributed by atoms with van der Waals surface area (Å²) in [6, 6.07) is 15.1. The molecule has 6 nitrogen and oxygen atoms in total. The van der Waals surface area contributed by atoms with E-state index in [-0.39, 0.29) is 13.0 Å². The lowest BCUT2D eigenvalue weighted by Crippen LogP contribution is -2.44. The van der Waals surface area contributed by atoms with Crippen LogP contribution in [0.2, 0.25) is 0 Å². The topological polar surface area (TPSA) is 84.9 Å². The normalized spacial score (nSPS) is 11.4. The van der Waals surface area contributed by atoms with E-state index in [0.29, 0.717) is 12.4 Å². The van der Waals surface area contributed by atoms with Crippen molar-refractivity contribution in [2.45, 2.75) is 25.8 Å². The monoisotopic (exact) mass is 357 g/mol. The van der Waals surface area contributed by atoms with E-state index in [4.69, 9.17) is 9.47 Å². The number of carbonyl (C=O) groups excluding carboxylic acids is 1. The molecule has 0 spiro atoms. The lowest BCUT2D eigenvalue weighted by atomic mass is 10.1. The van der Waals surface area contributed by atoms with Crippen LogP contribution in [0.15, 0.2) is 54.6 Å². The van der Waals surface area contributed by atoms with Gasteiger partial charge >= 0.3 is 5.97 Å². The SMILES string of the molecule is CCCOc1ccc(OCC(=O)N[C@H](Cc2ccccc2)C(=O)O)cc1. The van der Waals surface area contributed by atoms with E-state index in [2.05, 4.69) is 5.32 Å². The first-order valence-electron chi connectivity index (χ1n) is 8.50. The number of amides is 1. The third-order valence-corrected chi connectivity index (χ3v) is 3.58. The number of aliphatic carboxylic acids is 1. The second kappa shape index (κ2) is 10.1. The van der Waals surface area contributed by atoms with Gasteiger partial charge in [0, 0.05) is 6.42 Å². The highest BCUT2D eigenvalue weighted by atomic mass is 16.5. The highest BCUT2D eigenvalue weighted by Gasteiger charge is 2.20. The molecule has 0 aliphatic carbocycles. The van der Waals surface area contributed by atoms with Crippen LogP contribution in [0.1, 0.15) is 18.9 Å². The molecular formula is C20H23NO5. The van der Waals surface area contributed by atoms with E-state index in [1.807, 2.05) is 37.3 Å². The quantitative estimate of drug-likeness (QED) is 0.683. The van der Waals surface area contributed by atoms with Gasteiger partial charge in [0.15, 0.2) is 6.61 Å². The first-order valence-corrected chi connectivity index (χ1v) is 8.50. The molecule has 0 heterocycles. The van der Waals surface area contributed by atoms with Crippen LogP contribution in [0.4, 0.5) is 0 Å². The molecule has 2 N–H and O–H groups in total. The van der Waals surface area contributed by atoms with Gasteiger partial charge in [0.05, 0.1) is 6.61 Å². The summed E-state index contributed by atoms with van der Waals surface area (Å²) < 4.78 is 10.9. The maximum Gasteiger partial charge on any atom is 0.326 e. The van der Waals surface area contributed by atoms with Crippen LogP contribution in [-0.2, 0) is 16.0 Å². The number of rotatable bonds is 10. The summed E-state index contributed by atoms with van der Waals surface area (Å²) in [7, 11) is 0.